The molecule has 0 saturated carbocycles. The molecule has 2 aliphatic rings. The van der Waals surface area contributed by atoms with Gasteiger partial charge in [-0.1, -0.05) is 62.0 Å². The lowest BCUT2D eigenvalue weighted by atomic mass is 9.91. The van der Waals surface area contributed by atoms with Gasteiger partial charge in [-0.3, -0.25) is 4.79 Å². The molecular formula is C28H31N3O3S. The van der Waals surface area contributed by atoms with Crippen LogP contribution in [0.5, 0.6) is 0 Å². The number of nitrogens with one attached hydrogen (secondary N) is 1. The molecule has 2 aromatic carbocycles. The van der Waals surface area contributed by atoms with Gasteiger partial charge in [-0.25, -0.2) is 9.79 Å². The van der Waals surface area contributed by atoms with Crippen LogP contribution >= 0.6 is 11.8 Å². The Morgan fingerprint density at radius 2 is 1.83 bits per heavy atom. The number of amidine groups is 1. The summed E-state index contributed by atoms with van der Waals surface area (Å²) < 4.78 is 5.42. The number of benzene rings is 2. The first-order chi connectivity index (χ1) is 16.8. The van der Waals surface area contributed by atoms with Crippen molar-refractivity contribution in [3.05, 3.63) is 87.6 Å². The van der Waals surface area contributed by atoms with E-state index in [-0.39, 0.29) is 24.9 Å². The van der Waals surface area contributed by atoms with Crippen LogP contribution in [0, 0.1) is 6.92 Å². The molecule has 1 amide bonds. The molecule has 0 aliphatic carbocycles. The number of thioether (sulfide) groups is 1. The summed E-state index contributed by atoms with van der Waals surface area (Å²) in [6.07, 6.45) is 0.162. The third kappa shape index (κ3) is 5.20. The number of carbonyl (C=O) groups excluding carboxylic acids is 2. The van der Waals surface area contributed by atoms with E-state index in [1.807, 2.05) is 72.7 Å². The lowest BCUT2D eigenvalue weighted by molar-refractivity contribution is -0.139. The van der Waals surface area contributed by atoms with Crippen LogP contribution in [0.1, 0.15) is 62.8 Å². The van der Waals surface area contributed by atoms with Gasteiger partial charge in [0.15, 0.2) is 5.17 Å². The number of esters is 1. The second-order valence-electron chi connectivity index (χ2n) is 8.97. The molecule has 0 fully saturated rings. The molecule has 1 atom stereocenters. The number of aliphatic imine (C=N–C) groups is 1. The number of fused-ring (bicyclic) bond motifs is 1. The molecule has 0 saturated heterocycles. The first-order valence-corrected chi connectivity index (χ1v) is 12.7. The van der Waals surface area contributed by atoms with Gasteiger partial charge in [-0.05, 0) is 60.9 Å². The summed E-state index contributed by atoms with van der Waals surface area (Å²) in [7, 11) is 0. The van der Waals surface area contributed by atoms with Gasteiger partial charge >= 0.3 is 5.97 Å². The quantitative estimate of drug-likeness (QED) is 0.463. The van der Waals surface area contributed by atoms with E-state index in [9.17, 15) is 9.59 Å². The molecular weight excluding hydrogens is 458 g/mol. The van der Waals surface area contributed by atoms with Crippen molar-refractivity contribution in [3.63, 3.8) is 0 Å². The largest absolute Gasteiger partial charge is 0.463 e. The third-order valence-corrected chi connectivity index (χ3v) is 7.07. The fraction of sp³-hybridized carbons (Fsp3) is 0.321. The predicted octanol–water partition coefficient (Wildman–Crippen LogP) is 6.29. The van der Waals surface area contributed by atoms with Crippen LogP contribution in [-0.4, -0.2) is 28.6 Å². The summed E-state index contributed by atoms with van der Waals surface area (Å²) in [6.45, 7) is 10.2. The van der Waals surface area contributed by atoms with Gasteiger partial charge in [0.25, 0.3) is 0 Å². The third-order valence-electron chi connectivity index (χ3n) is 6.18. The van der Waals surface area contributed by atoms with Crippen molar-refractivity contribution in [1.29, 1.82) is 0 Å². The zero-order valence-electron chi connectivity index (χ0n) is 20.8. The lowest BCUT2D eigenvalue weighted by Gasteiger charge is -2.37. The highest BCUT2D eigenvalue weighted by atomic mass is 32.2. The number of hydrogen-bond donors (Lipinski definition) is 1. The molecule has 0 radical (unpaired) electrons. The average Bonchev–Trinajstić information content (AvgIpc) is 3.20. The number of amides is 1. The van der Waals surface area contributed by atoms with Crippen LogP contribution in [0.3, 0.4) is 0 Å². The number of rotatable bonds is 7. The SMILES string of the molecule is CCOC(=O)C1=C(C)N=C2SC=C(CC(=O)Nc3ccc(C(C)C)cc3)N2C1c1ccccc1C. The Hall–Kier alpha value is -3.32. The van der Waals surface area contributed by atoms with Crippen LogP contribution in [0.25, 0.3) is 0 Å². The molecule has 0 spiro atoms. The monoisotopic (exact) mass is 489 g/mol. The number of hydrogen-bond acceptors (Lipinski definition) is 6. The molecule has 6 nitrogen and oxygen atoms in total. The standard InChI is InChI=1S/C28H31N3O3S/c1-6-34-27(33)25-19(5)29-28-31(26(25)23-10-8-7-9-18(23)4)22(16-35-28)15-24(32)30-21-13-11-20(12-14-21)17(2)3/h7-14,16-17,26H,6,15H2,1-5H3,(H,30,32). The predicted molar refractivity (Wildman–Crippen MR) is 142 cm³/mol. The summed E-state index contributed by atoms with van der Waals surface area (Å²) >= 11 is 1.47. The Morgan fingerprint density at radius 3 is 2.49 bits per heavy atom. The van der Waals surface area contributed by atoms with E-state index in [0.29, 0.717) is 17.2 Å². The lowest BCUT2D eigenvalue weighted by Crippen LogP contribution is -2.37. The van der Waals surface area contributed by atoms with Gasteiger partial charge < -0.3 is 15.0 Å². The zero-order valence-corrected chi connectivity index (χ0v) is 21.6. The van der Waals surface area contributed by atoms with Gasteiger partial charge in [0.2, 0.25) is 5.91 Å². The van der Waals surface area contributed by atoms with Gasteiger partial charge in [-0.15, -0.1) is 0 Å². The van der Waals surface area contributed by atoms with Crippen molar-refractivity contribution in [2.24, 2.45) is 4.99 Å². The molecule has 182 valence electrons. The maximum atomic E-state index is 13.1. The fourth-order valence-corrected chi connectivity index (χ4v) is 5.31. The average molecular weight is 490 g/mol. The van der Waals surface area contributed by atoms with Crippen molar-refractivity contribution in [1.82, 2.24) is 4.90 Å². The second-order valence-corrected chi connectivity index (χ2v) is 9.81. The van der Waals surface area contributed by atoms with Crippen LogP contribution in [0.4, 0.5) is 5.69 Å². The smallest absolute Gasteiger partial charge is 0.338 e. The van der Waals surface area contributed by atoms with Gasteiger partial charge in [-0.2, -0.15) is 0 Å². The molecule has 35 heavy (non-hydrogen) atoms. The summed E-state index contributed by atoms with van der Waals surface area (Å²) in [4.78, 5) is 32.8. The maximum absolute atomic E-state index is 13.1. The van der Waals surface area contributed by atoms with E-state index < -0.39 is 6.04 Å². The van der Waals surface area contributed by atoms with Crippen molar-refractivity contribution >= 4 is 34.5 Å². The van der Waals surface area contributed by atoms with Crippen LogP contribution in [-0.2, 0) is 14.3 Å². The van der Waals surface area contributed by atoms with Gasteiger partial charge in [0.1, 0.15) is 0 Å². The van der Waals surface area contributed by atoms with Crippen molar-refractivity contribution in [3.8, 4) is 0 Å². The number of ether oxygens (including phenoxy) is 1. The summed E-state index contributed by atoms with van der Waals surface area (Å²) in [6, 6.07) is 15.5. The highest BCUT2D eigenvalue weighted by Crippen LogP contribution is 2.45. The molecule has 0 aromatic heterocycles. The van der Waals surface area contributed by atoms with Crippen molar-refractivity contribution in [2.75, 3.05) is 11.9 Å². The molecule has 0 bridgehead atoms. The Kier molecular flexibility index (Phi) is 7.45. The summed E-state index contributed by atoms with van der Waals surface area (Å²) in [5.74, 6) is -0.0735. The zero-order chi connectivity index (χ0) is 25.1. The number of allylic oxidation sites excluding steroid dienone is 1. The second kappa shape index (κ2) is 10.5. The molecule has 4 rings (SSSR count). The minimum atomic E-state index is -0.415. The molecule has 2 aromatic rings. The maximum Gasteiger partial charge on any atom is 0.338 e. The Balaban J connectivity index is 1.62. The van der Waals surface area contributed by atoms with Crippen molar-refractivity contribution < 1.29 is 14.3 Å². The van der Waals surface area contributed by atoms with Crippen molar-refractivity contribution in [2.45, 2.75) is 53.0 Å². The topological polar surface area (TPSA) is 71.0 Å². The molecule has 7 heteroatoms. The summed E-state index contributed by atoms with van der Waals surface area (Å²) in [5.41, 5.74) is 5.97. The number of aryl methyl sites for hydroxylation is 1. The number of carbonyl (C=O) groups is 2. The minimum Gasteiger partial charge on any atom is -0.463 e. The Bertz CT molecular complexity index is 1230. The van der Waals surface area contributed by atoms with Gasteiger partial charge in [0.05, 0.1) is 30.3 Å². The van der Waals surface area contributed by atoms with Crippen LogP contribution in [0.15, 0.2) is 75.9 Å². The summed E-state index contributed by atoms with van der Waals surface area (Å²) in [5, 5.41) is 5.71. The molecule has 1 unspecified atom stereocenters. The molecule has 2 heterocycles. The Morgan fingerprint density at radius 1 is 1.11 bits per heavy atom. The van der Waals surface area contributed by atoms with E-state index in [4.69, 9.17) is 9.73 Å². The minimum absolute atomic E-state index is 0.122. The highest BCUT2D eigenvalue weighted by Gasteiger charge is 2.41. The van der Waals surface area contributed by atoms with E-state index in [0.717, 1.165) is 27.7 Å². The number of nitrogens with zero attached hydrogens (tertiary/aromatic N) is 2. The highest BCUT2D eigenvalue weighted by molar-refractivity contribution is 8.16. The van der Waals surface area contributed by atoms with E-state index >= 15 is 0 Å². The first kappa shape index (κ1) is 24.8. The van der Waals surface area contributed by atoms with Crippen LogP contribution in [0.2, 0.25) is 0 Å². The van der Waals surface area contributed by atoms with E-state index in [2.05, 4.69) is 19.2 Å². The van der Waals surface area contributed by atoms with Gasteiger partial charge in [0, 0.05) is 11.4 Å². The van der Waals surface area contributed by atoms with E-state index in [1.54, 1.807) is 6.92 Å². The van der Waals surface area contributed by atoms with Crippen LogP contribution < -0.4 is 5.32 Å². The first-order valence-electron chi connectivity index (χ1n) is 11.9. The molecule has 2 aliphatic heterocycles. The fourth-order valence-electron chi connectivity index (χ4n) is 4.35. The normalized spacial score (nSPS) is 17.2. The Labute approximate surface area is 211 Å². The molecule has 1 N–H and O–H groups in total. The number of anilines is 1. The van der Waals surface area contributed by atoms with E-state index in [1.165, 1.54) is 17.3 Å².